The van der Waals surface area contributed by atoms with E-state index in [0.717, 1.165) is 12.1 Å². The fourth-order valence-corrected chi connectivity index (χ4v) is 3.31. The van der Waals surface area contributed by atoms with Crippen LogP contribution in [-0.2, 0) is 10.0 Å². The van der Waals surface area contributed by atoms with Gasteiger partial charge in [0.2, 0.25) is 0 Å². The van der Waals surface area contributed by atoms with Crippen molar-refractivity contribution in [3.05, 3.63) is 59.4 Å². The molecule has 0 unspecified atom stereocenters. The molecule has 0 aromatic heterocycles. The maximum absolute atomic E-state index is 13.5. The fourth-order valence-electron chi connectivity index (χ4n) is 2.21. The van der Waals surface area contributed by atoms with Gasteiger partial charge in [0.1, 0.15) is 5.82 Å². The van der Waals surface area contributed by atoms with Crippen LogP contribution in [-0.4, -0.2) is 26.3 Å². The smallest absolute Gasteiger partial charge is 0.261 e. The zero-order valence-corrected chi connectivity index (χ0v) is 15.5. The number of carbonyl (C=O) groups is 2. The van der Waals surface area contributed by atoms with Crippen molar-refractivity contribution in [1.82, 2.24) is 5.32 Å². The van der Waals surface area contributed by atoms with E-state index in [-0.39, 0.29) is 17.3 Å². The third-order valence-electron chi connectivity index (χ3n) is 3.87. The van der Waals surface area contributed by atoms with Crippen LogP contribution in [0.1, 0.15) is 41.0 Å². The second-order valence-electron chi connectivity index (χ2n) is 5.86. The Balaban J connectivity index is 2.38. The van der Waals surface area contributed by atoms with Crippen LogP contribution in [0.3, 0.4) is 0 Å². The van der Waals surface area contributed by atoms with Gasteiger partial charge in [-0.3, -0.25) is 9.52 Å². The van der Waals surface area contributed by atoms with Gasteiger partial charge in [-0.2, -0.15) is 0 Å². The van der Waals surface area contributed by atoms with Crippen LogP contribution in [0.2, 0.25) is 0 Å². The Bertz CT molecular complexity index is 975. The minimum atomic E-state index is -4.26. The van der Waals surface area contributed by atoms with E-state index in [0.29, 0.717) is 12.5 Å². The average molecular weight is 393 g/mol. The number of carbonyl (C=O) groups excluding carboxylic acids is 2. The molecule has 0 aliphatic carbocycles. The molecule has 2 aromatic rings. The Hall–Kier alpha value is -2.94. The van der Waals surface area contributed by atoms with Crippen LogP contribution in [0.15, 0.2) is 47.4 Å². The number of para-hydroxylation sites is 1. The lowest BCUT2D eigenvalue weighted by Crippen LogP contribution is -2.32. The molecule has 0 bridgehead atoms. The molecule has 0 spiro atoms. The molecule has 9 heteroatoms. The summed E-state index contributed by atoms with van der Waals surface area (Å²) < 4.78 is 40.8. The summed E-state index contributed by atoms with van der Waals surface area (Å²) >= 11 is 0. The molecule has 27 heavy (non-hydrogen) atoms. The molecule has 0 radical (unpaired) electrons. The highest BCUT2D eigenvalue weighted by molar-refractivity contribution is 7.92. The monoisotopic (exact) mass is 393 g/mol. The normalized spacial score (nSPS) is 12.3. The molecule has 0 fully saturated rings. The molecule has 144 valence electrons. The number of hydrogen-bond donors (Lipinski definition) is 2. The zero-order valence-electron chi connectivity index (χ0n) is 14.7. The summed E-state index contributed by atoms with van der Waals surface area (Å²) in [6.45, 7) is 3.70. The van der Waals surface area contributed by atoms with E-state index >= 15 is 0 Å². The van der Waals surface area contributed by atoms with Crippen LogP contribution in [0.5, 0.6) is 0 Å². The lowest BCUT2D eigenvalue weighted by Gasteiger charge is -2.16. The molecular weight excluding hydrogens is 375 g/mol. The van der Waals surface area contributed by atoms with Crippen LogP contribution >= 0.6 is 0 Å². The number of sulfonamides is 1. The van der Waals surface area contributed by atoms with Gasteiger partial charge in [0.25, 0.3) is 15.9 Å². The van der Waals surface area contributed by atoms with E-state index in [1.807, 2.05) is 13.8 Å². The van der Waals surface area contributed by atoms with Crippen LogP contribution < -0.4 is 15.1 Å². The molecule has 0 heterocycles. The highest BCUT2D eigenvalue weighted by Crippen LogP contribution is 2.22. The van der Waals surface area contributed by atoms with Crippen molar-refractivity contribution >= 4 is 27.6 Å². The molecule has 1 amide bonds. The number of aromatic carboxylic acids is 1. The van der Waals surface area contributed by atoms with Crippen molar-refractivity contribution in [2.24, 2.45) is 0 Å². The third-order valence-corrected chi connectivity index (χ3v) is 5.24. The summed E-state index contributed by atoms with van der Waals surface area (Å²) in [5.74, 6) is -3.41. The van der Waals surface area contributed by atoms with E-state index < -0.39 is 38.2 Å². The van der Waals surface area contributed by atoms with Gasteiger partial charge in [-0.1, -0.05) is 19.1 Å². The van der Waals surface area contributed by atoms with Gasteiger partial charge in [-0.25, -0.2) is 12.8 Å². The van der Waals surface area contributed by atoms with Gasteiger partial charge in [-0.15, -0.1) is 0 Å². The fraction of sp³-hybridized carbons (Fsp3) is 0.222. The highest BCUT2D eigenvalue weighted by Gasteiger charge is 2.20. The predicted molar refractivity (Wildman–Crippen MR) is 95.2 cm³/mol. The molecule has 0 saturated carbocycles. The second-order valence-corrected chi connectivity index (χ2v) is 7.55. The second kappa shape index (κ2) is 8.17. The minimum Gasteiger partial charge on any atom is -0.545 e. The van der Waals surface area contributed by atoms with E-state index in [1.54, 1.807) is 6.07 Å². The average Bonchev–Trinajstić information content (AvgIpc) is 2.61. The molecule has 0 saturated heterocycles. The summed E-state index contributed by atoms with van der Waals surface area (Å²) in [5, 5.41) is 13.6. The standard InChI is InChI=1S/C18H19FN2O5S/c1-3-11(2)20-17(22)13-6-4-5-7-16(13)21-27(25,26)12-8-9-15(19)14(10-12)18(23)24/h4-11,21H,3H2,1-2H3,(H,20,22)(H,23,24)/p-1/t11-/m0/s1. The summed E-state index contributed by atoms with van der Waals surface area (Å²) in [7, 11) is -4.26. The first-order valence-corrected chi connectivity index (χ1v) is 9.57. The van der Waals surface area contributed by atoms with Crippen molar-refractivity contribution in [2.75, 3.05) is 4.72 Å². The molecule has 0 aliphatic rings. The third kappa shape index (κ3) is 4.82. The van der Waals surface area contributed by atoms with E-state index in [2.05, 4.69) is 10.0 Å². The summed E-state index contributed by atoms with van der Waals surface area (Å²) in [6.07, 6.45) is 0.696. The maximum Gasteiger partial charge on any atom is 0.261 e. The van der Waals surface area contributed by atoms with Gasteiger partial charge < -0.3 is 15.2 Å². The number of amides is 1. The van der Waals surface area contributed by atoms with E-state index in [1.165, 1.54) is 18.2 Å². The van der Waals surface area contributed by atoms with Gasteiger partial charge in [0.05, 0.1) is 22.1 Å². The van der Waals surface area contributed by atoms with Crippen LogP contribution in [0.4, 0.5) is 10.1 Å². The van der Waals surface area contributed by atoms with Crippen molar-refractivity contribution in [1.29, 1.82) is 0 Å². The summed E-state index contributed by atoms with van der Waals surface area (Å²) in [4.78, 5) is 22.8. The minimum absolute atomic E-state index is 0.0117. The van der Waals surface area contributed by atoms with Crippen molar-refractivity contribution in [2.45, 2.75) is 31.2 Å². The molecule has 2 aromatic carbocycles. The molecule has 2 rings (SSSR count). The highest BCUT2D eigenvalue weighted by atomic mass is 32.2. The van der Waals surface area contributed by atoms with E-state index in [4.69, 9.17) is 0 Å². The quantitative estimate of drug-likeness (QED) is 0.740. The predicted octanol–water partition coefficient (Wildman–Crippen LogP) is 1.52. The Morgan fingerprint density at radius 1 is 1.15 bits per heavy atom. The van der Waals surface area contributed by atoms with Gasteiger partial charge >= 0.3 is 0 Å². The Morgan fingerprint density at radius 3 is 2.44 bits per heavy atom. The Morgan fingerprint density at radius 2 is 1.81 bits per heavy atom. The molecular formula is C18H18FN2O5S-. The number of benzene rings is 2. The zero-order chi connectivity index (χ0) is 20.2. The van der Waals surface area contributed by atoms with Crippen molar-refractivity contribution in [3.8, 4) is 0 Å². The Kier molecular flexibility index (Phi) is 6.17. The van der Waals surface area contributed by atoms with Crippen molar-refractivity contribution in [3.63, 3.8) is 0 Å². The summed E-state index contributed by atoms with van der Waals surface area (Å²) in [5.41, 5.74) is -0.762. The molecule has 7 nitrogen and oxygen atoms in total. The van der Waals surface area contributed by atoms with Crippen LogP contribution in [0, 0.1) is 5.82 Å². The van der Waals surface area contributed by atoms with Crippen molar-refractivity contribution < 1.29 is 27.5 Å². The number of rotatable bonds is 7. The molecule has 1 atom stereocenters. The number of carboxylic acids is 1. The molecule has 0 aliphatic heterocycles. The number of carboxylic acid groups (broad SMARTS) is 1. The number of anilines is 1. The Labute approximate surface area is 156 Å². The first kappa shape index (κ1) is 20.4. The van der Waals surface area contributed by atoms with E-state index in [9.17, 15) is 27.5 Å². The van der Waals surface area contributed by atoms with Gasteiger partial charge in [-0.05, 0) is 43.7 Å². The first-order valence-electron chi connectivity index (χ1n) is 8.09. The van der Waals surface area contributed by atoms with Gasteiger partial charge in [0, 0.05) is 11.6 Å². The molecule has 2 N–H and O–H groups in total. The first-order chi connectivity index (χ1) is 12.7. The maximum atomic E-state index is 13.5. The SMILES string of the molecule is CC[C@H](C)NC(=O)c1ccccc1NS(=O)(=O)c1ccc(F)c(C(=O)[O-])c1. The number of hydrogen-bond acceptors (Lipinski definition) is 5. The largest absolute Gasteiger partial charge is 0.545 e. The lowest BCUT2D eigenvalue weighted by atomic mass is 10.1. The summed E-state index contributed by atoms with van der Waals surface area (Å²) in [6, 6.07) is 8.16. The lowest BCUT2D eigenvalue weighted by molar-refractivity contribution is -0.255. The topological polar surface area (TPSA) is 115 Å². The van der Waals surface area contributed by atoms with Crippen LogP contribution in [0.25, 0.3) is 0 Å². The number of nitrogens with one attached hydrogen (secondary N) is 2. The van der Waals surface area contributed by atoms with Gasteiger partial charge in [0.15, 0.2) is 0 Å². The number of halogens is 1.